The van der Waals surface area contributed by atoms with Crippen molar-refractivity contribution in [2.24, 2.45) is 11.8 Å². The maximum atomic E-state index is 13.7. The Bertz CT molecular complexity index is 2810. The molecule has 0 saturated carbocycles. The van der Waals surface area contributed by atoms with Gasteiger partial charge >= 0.3 is 0 Å². The van der Waals surface area contributed by atoms with E-state index in [2.05, 4.69) is 16.4 Å². The minimum absolute atomic E-state index is 0.0366. The second kappa shape index (κ2) is 16.4. The molecular weight excluding hydrogens is 815 g/mol. The van der Waals surface area contributed by atoms with Crippen LogP contribution in [0.3, 0.4) is 0 Å². The molecule has 0 unspecified atom stereocenters. The maximum absolute atomic E-state index is 13.7. The largest absolute Gasteiger partial charge is 0.508 e. The molecule has 5 heterocycles. The molecule has 332 valence electrons. The molecule has 3 aliphatic rings. The Hall–Kier alpha value is -5.72. The zero-order chi connectivity index (χ0) is 44.4. The number of aromatic amines is 1. The van der Waals surface area contributed by atoms with Crippen LogP contribution in [-0.2, 0) is 33.8 Å². The van der Waals surface area contributed by atoms with E-state index < -0.39 is 55.3 Å². The molecule has 1 aliphatic carbocycles. The van der Waals surface area contributed by atoms with Gasteiger partial charge in [-0.05, 0) is 78.9 Å². The Balaban J connectivity index is 1.13. The molecular formula is C47H51N3O13. The summed E-state index contributed by atoms with van der Waals surface area (Å²) in [7, 11) is 0. The average molecular weight is 866 g/mol. The summed E-state index contributed by atoms with van der Waals surface area (Å²) in [5, 5.41) is 80.6. The fourth-order valence-electron chi connectivity index (χ4n) is 9.88. The maximum Gasteiger partial charge on any atom is 0.220 e. The van der Waals surface area contributed by atoms with Crippen molar-refractivity contribution in [3.8, 4) is 22.9 Å². The van der Waals surface area contributed by atoms with Gasteiger partial charge in [0.05, 0.1) is 17.5 Å². The third-order valence-electron chi connectivity index (χ3n) is 13.2. The fourth-order valence-corrected chi connectivity index (χ4v) is 9.88. The monoisotopic (exact) mass is 865 g/mol. The van der Waals surface area contributed by atoms with Crippen molar-refractivity contribution in [1.29, 1.82) is 0 Å². The summed E-state index contributed by atoms with van der Waals surface area (Å²) in [6.45, 7) is 2.54. The quantitative estimate of drug-likeness (QED) is 0.0458. The van der Waals surface area contributed by atoms with Crippen molar-refractivity contribution >= 4 is 38.6 Å². The minimum atomic E-state index is -2.41. The summed E-state index contributed by atoms with van der Waals surface area (Å²) in [6, 6.07) is 12.3. The van der Waals surface area contributed by atoms with E-state index in [1.54, 1.807) is 13.0 Å². The third kappa shape index (κ3) is 7.54. The third-order valence-corrected chi connectivity index (χ3v) is 13.2. The van der Waals surface area contributed by atoms with Crippen molar-refractivity contribution < 1.29 is 59.5 Å². The van der Waals surface area contributed by atoms with Gasteiger partial charge in [-0.15, -0.1) is 0 Å². The number of aromatic hydroxyl groups is 2. The number of carbonyl (C=O) groups excluding carboxylic acids is 1. The number of hydrogen-bond donors (Lipinski definition) is 9. The number of rotatable bonds is 13. The first-order chi connectivity index (χ1) is 30.2. The lowest BCUT2D eigenvalue weighted by Crippen LogP contribution is -2.58. The van der Waals surface area contributed by atoms with Crippen LogP contribution in [0.4, 0.5) is 0 Å². The van der Waals surface area contributed by atoms with E-state index in [-0.39, 0.29) is 41.1 Å². The van der Waals surface area contributed by atoms with E-state index in [9.17, 15) is 45.3 Å². The number of ether oxygens (including phenoxy) is 1. The van der Waals surface area contributed by atoms with Gasteiger partial charge in [0.2, 0.25) is 5.91 Å². The Kier molecular flexibility index (Phi) is 11.1. The van der Waals surface area contributed by atoms with Crippen LogP contribution in [0.5, 0.6) is 17.2 Å². The number of nitrogens with one attached hydrogen (secondary N) is 2. The highest BCUT2D eigenvalue weighted by atomic mass is 17.2. The SMILES string of the molecule is CCc1c2cc[nH]c2cn1-c1c2c(cc3c(=O)cc(C)oc13)C[C@@H](OOC[C@@](O)(Cc1ccc(O)c3ccc(O)cc13)[C@@H](O)[C@H](O)[C@H](O)CO)[C@]1(CC=C[C@H]([C@@H]3CNC(=O)C3)C1)O2. The Labute approximate surface area is 360 Å². The summed E-state index contributed by atoms with van der Waals surface area (Å²) in [6.07, 6.45) is 2.39. The molecule has 1 amide bonds. The summed E-state index contributed by atoms with van der Waals surface area (Å²) < 4.78 is 15.7. The van der Waals surface area contributed by atoms with Gasteiger partial charge < -0.3 is 59.8 Å². The summed E-state index contributed by atoms with van der Waals surface area (Å²) in [4.78, 5) is 41.8. The number of carbonyl (C=O) groups is 1. The number of nitrogens with zero attached hydrogens (tertiary/aromatic N) is 1. The van der Waals surface area contributed by atoms with Gasteiger partial charge in [-0.2, -0.15) is 0 Å². The van der Waals surface area contributed by atoms with Crippen molar-refractivity contribution in [1.82, 2.24) is 14.9 Å². The number of aliphatic hydroxyl groups excluding tert-OH is 4. The number of aromatic nitrogens is 2. The highest BCUT2D eigenvalue weighted by molar-refractivity contribution is 5.93. The van der Waals surface area contributed by atoms with Crippen LogP contribution in [0.15, 0.2) is 82.3 Å². The number of allylic oxidation sites excluding steroid dienone is 1. The molecule has 16 heteroatoms. The van der Waals surface area contributed by atoms with Crippen LogP contribution in [0.2, 0.25) is 0 Å². The molecule has 63 heavy (non-hydrogen) atoms. The minimum Gasteiger partial charge on any atom is -0.508 e. The molecule has 1 spiro atoms. The van der Waals surface area contributed by atoms with Gasteiger partial charge in [-0.25, -0.2) is 9.78 Å². The molecule has 2 aliphatic heterocycles. The van der Waals surface area contributed by atoms with E-state index in [0.717, 1.165) is 16.6 Å². The predicted molar refractivity (Wildman–Crippen MR) is 230 cm³/mol. The van der Waals surface area contributed by atoms with Gasteiger partial charge in [-0.1, -0.05) is 25.1 Å². The van der Waals surface area contributed by atoms with Crippen molar-refractivity contribution in [2.75, 3.05) is 19.8 Å². The molecule has 3 aromatic heterocycles. The number of benzene rings is 3. The molecule has 9 N–H and O–H groups in total. The number of hydrogen-bond acceptors (Lipinski definition) is 13. The zero-order valence-electron chi connectivity index (χ0n) is 34.8. The molecule has 8 atom stereocenters. The molecule has 9 rings (SSSR count). The first-order valence-electron chi connectivity index (χ1n) is 21.2. The lowest BCUT2D eigenvalue weighted by Gasteiger charge is -2.47. The van der Waals surface area contributed by atoms with Crippen LogP contribution in [0.1, 0.15) is 48.8 Å². The van der Waals surface area contributed by atoms with Crippen LogP contribution >= 0.6 is 0 Å². The van der Waals surface area contributed by atoms with E-state index in [4.69, 9.17) is 18.9 Å². The molecule has 0 bridgehead atoms. The van der Waals surface area contributed by atoms with Gasteiger partial charge in [0.15, 0.2) is 16.8 Å². The first kappa shape index (κ1) is 42.6. The molecule has 16 nitrogen and oxygen atoms in total. The number of amides is 1. The fraction of sp³-hybridized carbons (Fsp3) is 0.404. The van der Waals surface area contributed by atoms with Gasteiger partial charge in [0.25, 0.3) is 0 Å². The smallest absolute Gasteiger partial charge is 0.220 e. The Morgan fingerprint density at radius 3 is 2.60 bits per heavy atom. The van der Waals surface area contributed by atoms with E-state index in [1.807, 2.05) is 36.0 Å². The van der Waals surface area contributed by atoms with Crippen LogP contribution in [-0.4, -0.2) is 107 Å². The molecule has 1 saturated heterocycles. The Morgan fingerprint density at radius 1 is 1.02 bits per heavy atom. The van der Waals surface area contributed by atoms with Crippen molar-refractivity contribution in [2.45, 2.75) is 88.0 Å². The average Bonchev–Trinajstić information content (AvgIpc) is 4.00. The lowest BCUT2D eigenvalue weighted by atomic mass is 9.71. The molecule has 3 aromatic carbocycles. The molecule has 0 radical (unpaired) electrons. The zero-order valence-corrected chi connectivity index (χ0v) is 34.8. The standard InChI is InChI=1S/C47H51N3O13/c1-3-35-31-10-12-48-34(31)21-50(35)41-43-27(14-33-37(54)13-24(2)61-44(33)41)15-39(47(62-43)11-4-5-25(19-47)28-16-40(56)49-20-28)63-60-23-46(59,45(58)42(57)38(55)22-51)18-26-6-9-36(53)30-8-7-29(52)17-32(26)30/h4-10,12-14,17,21,25,28,38-39,42,45,48,51-53,55,57-59H,3,11,15-16,18-20,22-23H2,1-2H3,(H,49,56)/t25-,28-,38+,39+,42+,45-,46-,47+/m0/s1. The van der Waals surface area contributed by atoms with Gasteiger partial charge in [-0.3, -0.25) is 9.59 Å². The highest BCUT2D eigenvalue weighted by Crippen LogP contribution is 2.49. The number of phenolic OH excluding ortho intramolecular Hbond substituents is 2. The Morgan fingerprint density at radius 2 is 1.84 bits per heavy atom. The van der Waals surface area contributed by atoms with Crippen LogP contribution in [0, 0.1) is 18.8 Å². The van der Waals surface area contributed by atoms with E-state index >= 15 is 0 Å². The highest BCUT2D eigenvalue weighted by Gasteiger charge is 2.52. The second-order valence-corrected chi connectivity index (χ2v) is 17.3. The number of aliphatic hydroxyl groups is 5. The van der Waals surface area contributed by atoms with E-state index in [1.165, 1.54) is 36.4 Å². The normalized spacial score (nSPS) is 23.5. The number of phenols is 2. The topological polar surface area (TPSA) is 249 Å². The van der Waals surface area contributed by atoms with Crippen molar-refractivity contribution in [3.63, 3.8) is 0 Å². The number of H-pyrrole nitrogens is 1. The van der Waals surface area contributed by atoms with Crippen LogP contribution < -0.4 is 15.5 Å². The van der Waals surface area contributed by atoms with E-state index in [0.29, 0.717) is 82.3 Å². The van der Waals surface area contributed by atoms with Gasteiger partial charge in [0.1, 0.15) is 65.2 Å². The molecule has 6 aromatic rings. The summed E-state index contributed by atoms with van der Waals surface area (Å²) in [5.74, 6) is 0.470. The number of fused-ring (bicyclic) bond motifs is 4. The van der Waals surface area contributed by atoms with Crippen molar-refractivity contribution in [3.05, 3.63) is 106 Å². The lowest BCUT2D eigenvalue weighted by molar-refractivity contribution is -0.373. The number of aryl methyl sites for hydroxylation is 2. The van der Waals surface area contributed by atoms with Crippen LogP contribution in [0.25, 0.3) is 38.3 Å². The summed E-state index contributed by atoms with van der Waals surface area (Å²) in [5.41, 5.74) is -0.120. The first-order valence-corrected chi connectivity index (χ1v) is 21.2. The van der Waals surface area contributed by atoms with Gasteiger partial charge in [0, 0.05) is 72.7 Å². The predicted octanol–water partition coefficient (Wildman–Crippen LogP) is 3.64. The summed E-state index contributed by atoms with van der Waals surface area (Å²) >= 11 is 0. The second-order valence-electron chi connectivity index (χ2n) is 17.3. The molecule has 1 fully saturated rings.